The molecule has 1 saturated heterocycles. The monoisotopic (exact) mass is 588 g/mol. The summed E-state index contributed by atoms with van der Waals surface area (Å²) in [6.07, 6.45) is 22.9. The highest BCUT2D eigenvalue weighted by atomic mass is 16.5. The van der Waals surface area contributed by atoms with Crippen LogP contribution in [0.3, 0.4) is 0 Å². The molecular weight excluding hydrogens is 522 g/mol. The van der Waals surface area contributed by atoms with Gasteiger partial charge in [0.2, 0.25) is 0 Å². The van der Waals surface area contributed by atoms with Crippen molar-refractivity contribution in [2.45, 2.75) is 137 Å². The number of fused-ring (bicyclic) bond motifs is 1. The summed E-state index contributed by atoms with van der Waals surface area (Å²) in [7, 11) is 0. The van der Waals surface area contributed by atoms with E-state index < -0.39 is 0 Å². The molecule has 5 rings (SSSR count). The minimum absolute atomic E-state index is 0. The molecule has 4 aliphatic rings. The maximum Gasteiger partial charge on any atom is 0.255 e. The molecule has 242 valence electrons. The largest absolute Gasteiger partial charge is 0.495 e. The Morgan fingerprint density at radius 2 is 1.71 bits per heavy atom. The van der Waals surface area contributed by atoms with Gasteiger partial charge in [-0.25, -0.2) is 0 Å². The first-order valence-corrected chi connectivity index (χ1v) is 17.4. The summed E-state index contributed by atoms with van der Waals surface area (Å²) in [6.45, 7) is 17.7. The van der Waals surface area contributed by atoms with Crippen LogP contribution < -0.4 is 15.6 Å². The first kappa shape index (κ1) is 36.0. The van der Waals surface area contributed by atoms with Crippen molar-refractivity contribution in [1.82, 2.24) is 15.2 Å². The van der Waals surface area contributed by atoms with Gasteiger partial charge in [-0.2, -0.15) is 0 Å². The van der Waals surface area contributed by atoms with Crippen LogP contribution in [-0.4, -0.2) is 47.3 Å². The first-order chi connectivity index (χ1) is 20.4. The van der Waals surface area contributed by atoms with Gasteiger partial charge in [0.15, 0.2) is 5.88 Å². The number of unbranched alkanes of at least 4 members (excludes halogenated alkanes) is 3. The number of likely N-dealkylation sites (tertiary alicyclic amines) is 1. The Balaban J connectivity index is 0.000000613. The van der Waals surface area contributed by atoms with Crippen LogP contribution in [0.4, 0.5) is 0 Å². The van der Waals surface area contributed by atoms with Crippen molar-refractivity contribution >= 4 is 6.08 Å². The summed E-state index contributed by atoms with van der Waals surface area (Å²) < 4.78 is 6.64. The van der Waals surface area contributed by atoms with Crippen LogP contribution in [-0.2, 0) is 12.8 Å². The molecule has 2 saturated carbocycles. The quantitative estimate of drug-likeness (QED) is 0.159. The highest BCUT2D eigenvalue weighted by Gasteiger charge is 2.29. The third-order valence-corrected chi connectivity index (χ3v) is 8.38. The molecule has 1 aromatic heterocycles. The molecule has 0 unspecified atom stereocenters. The number of aryl methyl sites for hydroxylation is 1. The van der Waals surface area contributed by atoms with Gasteiger partial charge in [-0.15, -0.1) is 0 Å². The van der Waals surface area contributed by atoms with Crippen LogP contribution >= 0.6 is 0 Å². The topological polar surface area (TPSA) is 77.6 Å². The zero-order valence-corrected chi connectivity index (χ0v) is 27.7. The third kappa shape index (κ3) is 13.8. The lowest BCUT2D eigenvalue weighted by Crippen LogP contribution is -2.39. The molecule has 0 aromatic carbocycles. The van der Waals surface area contributed by atoms with E-state index in [2.05, 4.69) is 47.8 Å². The van der Waals surface area contributed by atoms with Gasteiger partial charge in [0.25, 0.3) is 5.56 Å². The van der Waals surface area contributed by atoms with E-state index in [1.165, 1.54) is 64.3 Å². The molecule has 2 heterocycles. The molecule has 0 amide bonds. The highest BCUT2D eigenvalue weighted by molar-refractivity contribution is 5.63. The molecule has 42 heavy (non-hydrogen) atoms. The molecule has 0 atom stereocenters. The number of rotatable bonds is 13. The summed E-state index contributed by atoms with van der Waals surface area (Å²) in [5, 5.41) is 10.8. The fourth-order valence-electron chi connectivity index (χ4n) is 5.41. The van der Waals surface area contributed by atoms with E-state index in [1.807, 2.05) is 20.8 Å². The summed E-state index contributed by atoms with van der Waals surface area (Å²) in [6, 6.07) is 0. The minimum atomic E-state index is 0. The highest BCUT2D eigenvalue weighted by Crippen LogP contribution is 2.35. The van der Waals surface area contributed by atoms with Crippen molar-refractivity contribution in [2.75, 3.05) is 26.2 Å². The predicted molar refractivity (Wildman–Crippen MR) is 182 cm³/mol. The van der Waals surface area contributed by atoms with Crippen LogP contribution in [0.5, 0.6) is 5.75 Å². The van der Waals surface area contributed by atoms with Gasteiger partial charge in [0, 0.05) is 38.9 Å². The number of allylic oxidation sites excluding steroid dienone is 1. The van der Waals surface area contributed by atoms with Crippen molar-refractivity contribution in [2.24, 2.45) is 11.8 Å². The number of aliphatic hydroxyl groups is 1. The average molecular weight is 588 g/mol. The van der Waals surface area contributed by atoms with E-state index in [9.17, 15) is 4.79 Å². The fourth-order valence-corrected chi connectivity index (χ4v) is 5.41. The minimum Gasteiger partial charge on any atom is -0.495 e. The van der Waals surface area contributed by atoms with Gasteiger partial charge in [-0.1, -0.05) is 84.8 Å². The standard InChI is InChI=1S/C26H38N2O2.C4H9NO.C4H10.C2H6.H2/c29-26-23(8-3-1-2-6-19-10-11-19)25(22-7-4-5-9-24(22)27-26)30-21-14-16-28(17-15-21)18-20-12-13-20;1-3-5-4(2)6;1-3-4-2;1-2;/h4,7,19-21H,1-3,5-6,8-18H2,(H,27,29);5-6H,2-3H2,1H3;3-4H2,1-2H3;1-2H3;1H. The van der Waals surface area contributed by atoms with Gasteiger partial charge in [0.1, 0.15) is 11.9 Å². The van der Waals surface area contributed by atoms with Crippen molar-refractivity contribution in [1.29, 1.82) is 0 Å². The molecule has 3 aliphatic carbocycles. The van der Waals surface area contributed by atoms with Crippen LogP contribution in [0, 0.1) is 11.8 Å². The van der Waals surface area contributed by atoms with E-state index in [-0.39, 0.29) is 19.0 Å². The summed E-state index contributed by atoms with van der Waals surface area (Å²) in [5.41, 5.74) is 3.20. The molecule has 0 radical (unpaired) electrons. The number of nitrogens with one attached hydrogen (secondary N) is 2. The molecule has 3 fully saturated rings. The molecule has 0 bridgehead atoms. The summed E-state index contributed by atoms with van der Waals surface area (Å²) in [5.74, 6) is 2.91. The lowest BCUT2D eigenvalue weighted by atomic mass is 9.97. The first-order valence-electron chi connectivity index (χ1n) is 17.4. The third-order valence-electron chi connectivity index (χ3n) is 8.38. The van der Waals surface area contributed by atoms with Crippen molar-refractivity contribution < 1.29 is 11.3 Å². The molecule has 6 nitrogen and oxygen atoms in total. The Morgan fingerprint density at radius 1 is 1.05 bits per heavy atom. The number of hydrogen-bond acceptors (Lipinski definition) is 5. The summed E-state index contributed by atoms with van der Waals surface area (Å²) in [4.78, 5) is 18.7. The predicted octanol–water partition coefficient (Wildman–Crippen LogP) is 8.80. The van der Waals surface area contributed by atoms with E-state index in [0.29, 0.717) is 0 Å². The van der Waals surface area contributed by atoms with Gasteiger partial charge in [0.05, 0.1) is 5.56 Å². The number of piperidine rings is 1. The van der Waals surface area contributed by atoms with Crippen LogP contribution in [0.15, 0.2) is 23.3 Å². The maximum atomic E-state index is 12.9. The van der Waals surface area contributed by atoms with Gasteiger partial charge < -0.3 is 25.0 Å². The van der Waals surface area contributed by atoms with Gasteiger partial charge in [-0.3, -0.25) is 4.79 Å². The second kappa shape index (κ2) is 20.7. The number of aromatic amines is 1. The molecular formula is C36H65N3O3. The second-order valence-corrected chi connectivity index (χ2v) is 12.2. The fraction of sp³-hybridized carbons (Fsp3) is 0.750. The van der Waals surface area contributed by atoms with E-state index >= 15 is 0 Å². The molecule has 6 heteroatoms. The smallest absolute Gasteiger partial charge is 0.255 e. The maximum absolute atomic E-state index is 12.9. The summed E-state index contributed by atoms with van der Waals surface area (Å²) >= 11 is 0. The lowest BCUT2D eigenvalue weighted by molar-refractivity contribution is 0.0967. The van der Waals surface area contributed by atoms with Gasteiger partial charge >= 0.3 is 0 Å². The average Bonchev–Trinajstić information content (AvgIpc) is 3.94. The Hall–Kier alpha value is -2.21. The Bertz CT molecular complexity index is 975. The normalized spacial score (nSPS) is 17.8. The van der Waals surface area contributed by atoms with Crippen LogP contribution in [0.25, 0.3) is 6.08 Å². The van der Waals surface area contributed by atoms with Crippen LogP contribution in [0.2, 0.25) is 0 Å². The number of hydrogen-bond donors (Lipinski definition) is 3. The van der Waals surface area contributed by atoms with E-state index in [1.54, 1.807) is 0 Å². The zero-order valence-electron chi connectivity index (χ0n) is 27.7. The number of aliphatic hydroxyl groups excluding tert-OH is 1. The van der Waals surface area contributed by atoms with E-state index in [0.717, 1.165) is 92.6 Å². The SMILES string of the molecule is C=C(O)NCC.CC.CCCC.O=c1[nH]c2c(c(OC3CCN(CC4CC4)CC3)c1CCCCCC1CC1)C=CCC2.[HH]. The van der Waals surface area contributed by atoms with Crippen molar-refractivity contribution in [3.63, 3.8) is 0 Å². The van der Waals surface area contributed by atoms with Gasteiger partial charge in [-0.05, 0) is 76.7 Å². The molecule has 1 aromatic rings. The lowest BCUT2D eigenvalue weighted by Gasteiger charge is -2.33. The number of nitrogens with zero attached hydrogens (tertiary/aromatic N) is 1. The Kier molecular flexibility index (Phi) is 17.7. The van der Waals surface area contributed by atoms with E-state index in [4.69, 9.17) is 9.84 Å². The zero-order chi connectivity index (χ0) is 30.7. The number of ether oxygens (including phenoxy) is 1. The number of aromatic nitrogens is 1. The Morgan fingerprint density at radius 3 is 2.26 bits per heavy atom. The van der Waals surface area contributed by atoms with Crippen LogP contribution in [0.1, 0.15) is 136 Å². The molecule has 1 aliphatic heterocycles. The van der Waals surface area contributed by atoms with Crippen molar-refractivity contribution in [3.8, 4) is 5.75 Å². The number of pyridine rings is 1. The Labute approximate surface area is 258 Å². The molecule has 3 N–H and O–H groups in total. The number of H-pyrrole nitrogens is 1. The second-order valence-electron chi connectivity index (χ2n) is 12.2. The van der Waals surface area contributed by atoms with Crippen molar-refractivity contribution in [3.05, 3.63) is 45.7 Å². The molecule has 0 spiro atoms.